The van der Waals surface area contributed by atoms with Gasteiger partial charge in [-0.25, -0.2) is 0 Å². The number of nitrogens with zero attached hydrogens (tertiary/aromatic N) is 1. The summed E-state index contributed by atoms with van der Waals surface area (Å²) in [6.45, 7) is 0. The molecule has 65 heavy (non-hydrogen) atoms. The second-order valence-electron chi connectivity index (χ2n) is 17.5. The van der Waals surface area contributed by atoms with E-state index < -0.39 is 5.41 Å². The third kappa shape index (κ3) is 5.81. The van der Waals surface area contributed by atoms with Gasteiger partial charge in [0.2, 0.25) is 0 Å². The lowest BCUT2D eigenvalue weighted by Crippen LogP contribution is -2.45. The van der Waals surface area contributed by atoms with Crippen LogP contribution >= 0.6 is 0 Å². The van der Waals surface area contributed by atoms with Crippen LogP contribution in [0.5, 0.6) is 5.75 Å². The second-order valence-corrected chi connectivity index (χ2v) is 17.5. The minimum atomic E-state index is -0.448. The average molecular weight is 830 g/mol. The summed E-state index contributed by atoms with van der Waals surface area (Å²) >= 11 is 0. The Morgan fingerprint density at radius 3 is 1.71 bits per heavy atom. The summed E-state index contributed by atoms with van der Waals surface area (Å²) in [4.78, 5) is 2.35. The largest absolute Gasteiger partial charge is 0.484 e. The van der Waals surface area contributed by atoms with E-state index >= 15 is 0 Å². The van der Waals surface area contributed by atoms with Crippen LogP contribution in [0.4, 0.5) is 17.1 Å². The van der Waals surface area contributed by atoms with Crippen LogP contribution in [0, 0.1) is 5.92 Å². The molecule has 0 saturated carbocycles. The van der Waals surface area contributed by atoms with Crippen molar-refractivity contribution in [2.75, 3.05) is 4.90 Å². The zero-order valence-electron chi connectivity index (χ0n) is 35.7. The molecule has 2 aliphatic carbocycles. The molecule has 13 rings (SSSR count). The van der Waals surface area contributed by atoms with Crippen molar-refractivity contribution in [3.63, 3.8) is 0 Å². The standard InChI is InChI=1S/C63H43NO/c1-3-15-43(16-4-1)51-21-11-12-22-52(51)46-29-36-50(37-30-46)64(48-19-5-2-6-20-48)49-34-27-42(28-35-49)47-33-38-58-56(41-47)55-25-13-14-26-57(55)63(58)59-39-31-44-17-7-9-23-53(44)61(59)65-62-54-24-10-8-18-45(54)32-40-60(62)63/h1-41,59,61H. The van der Waals surface area contributed by atoms with Crippen LogP contribution in [-0.4, -0.2) is 0 Å². The Labute approximate surface area is 380 Å². The van der Waals surface area contributed by atoms with Gasteiger partial charge >= 0.3 is 0 Å². The molecule has 10 aromatic carbocycles. The zero-order valence-corrected chi connectivity index (χ0v) is 35.7. The highest BCUT2D eigenvalue weighted by atomic mass is 16.5. The highest BCUT2D eigenvalue weighted by Gasteiger charge is 2.57. The fourth-order valence-corrected chi connectivity index (χ4v) is 11.3. The molecule has 3 unspecified atom stereocenters. The lowest BCUT2D eigenvalue weighted by Gasteiger charge is -2.49. The molecule has 3 atom stereocenters. The van der Waals surface area contributed by atoms with Crippen molar-refractivity contribution in [1.29, 1.82) is 0 Å². The Balaban J connectivity index is 0.904. The van der Waals surface area contributed by atoms with Gasteiger partial charge < -0.3 is 9.64 Å². The lowest BCUT2D eigenvalue weighted by atomic mass is 9.58. The van der Waals surface area contributed by atoms with E-state index in [2.05, 4.69) is 254 Å². The molecule has 0 N–H and O–H groups in total. The summed E-state index contributed by atoms with van der Waals surface area (Å²) in [6, 6.07) is 86.4. The van der Waals surface area contributed by atoms with Crippen LogP contribution in [0.1, 0.15) is 33.9 Å². The van der Waals surface area contributed by atoms with E-state index in [-0.39, 0.29) is 12.0 Å². The minimum Gasteiger partial charge on any atom is -0.484 e. The lowest BCUT2D eigenvalue weighted by molar-refractivity contribution is 0.105. The van der Waals surface area contributed by atoms with Gasteiger partial charge in [0.05, 0.1) is 5.41 Å². The summed E-state index contributed by atoms with van der Waals surface area (Å²) < 4.78 is 7.27. The number of hydrogen-bond donors (Lipinski definition) is 0. The molecule has 0 bridgehead atoms. The van der Waals surface area contributed by atoms with Crippen LogP contribution in [0.25, 0.3) is 61.4 Å². The number of benzene rings is 10. The Morgan fingerprint density at radius 2 is 0.938 bits per heavy atom. The predicted octanol–water partition coefficient (Wildman–Crippen LogP) is 16.4. The van der Waals surface area contributed by atoms with E-state index in [1.54, 1.807) is 0 Å². The van der Waals surface area contributed by atoms with E-state index in [4.69, 9.17) is 4.74 Å². The van der Waals surface area contributed by atoms with Crippen molar-refractivity contribution in [2.45, 2.75) is 11.5 Å². The molecule has 1 heterocycles. The van der Waals surface area contributed by atoms with Gasteiger partial charge in [-0.3, -0.25) is 0 Å². The van der Waals surface area contributed by atoms with E-state index in [0.29, 0.717) is 0 Å². The molecule has 0 fully saturated rings. The van der Waals surface area contributed by atoms with Crippen molar-refractivity contribution in [3.05, 3.63) is 270 Å². The summed E-state index contributed by atoms with van der Waals surface area (Å²) in [5, 5.41) is 2.35. The molecule has 0 amide bonds. The number of rotatable bonds is 6. The van der Waals surface area contributed by atoms with Crippen LogP contribution in [-0.2, 0) is 5.41 Å². The molecule has 1 spiro atoms. The fourth-order valence-electron chi connectivity index (χ4n) is 11.3. The normalized spacial score (nSPS) is 17.4. The molecule has 0 aromatic heterocycles. The van der Waals surface area contributed by atoms with Crippen molar-refractivity contribution in [2.24, 2.45) is 5.92 Å². The van der Waals surface area contributed by atoms with Crippen LogP contribution in [0.3, 0.4) is 0 Å². The number of hydrogen-bond acceptors (Lipinski definition) is 2. The zero-order chi connectivity index (χ0) is 42.9. The van der Waals surface area contributed by atoms with E-state index in [0.717, 1.165) is 28.2 Å². The number of fused-ring (bicyclic) bond motifs is 13. The van der Waals surface area contributed by atoms with Gasteiger partial charge in [0.15, 0.2) is 0 Å². The molecule has 2 nitrogen and oxygen atoms in total. The second kappa shape index (κ2) is 15.0. The molecule has 306 valence electrons. The van der Waals surface area contributed by atoms with E-state index in [9.17, 15) is 0 Å². The Kier molecular flexibility index (Phi) is 8.60. The molecule has 1 aliphatic heterocycles. The molecule has 2 heteroatoms. The average Bonchev–Trinajstić information content (AvgIpc) is 3.67. The minimum absolute atomic E-state index is 0.0511. The highest BCUT2D eigenvalue weighted by Crippen LogP contribution is 2.65. The van der Waals surface area contributed by atoms with Gasteiger partial charge in [-0.05, 0) is 109 Å². The maximum Gasteiger partial charge on any atom is 0.132 e. The van der Waals surface area contributed by atoms with Gasteiger partial charge in [0, 0.05) is 39.5 Å². The molecule has 10 aromatic rings. The van der Waals surface area contributed by atoms with Crippen molar-refractivity contribution >= 4 is 33.9 Å². The van der Waals surface area contributed by atoms with Gasteiger partial charge in [-0.15, -0.1) is 0 Å². The van der Waals surface area contributed by atoms with Crippen molar-refractivity contribution in [3.8, 4) is 50.3 Å². The van der Waals surface area contributed by atoms with Gasteiger partial charge in [-0.2, -0.15) is 0 Å². The summed E-state index contributed by atoms with van der Waals surface area (Å²) in [6.07, 6.45) is 4.61. The molecular weight excluding hydrogens is 787 g/mol. The maximum atomic E-state index is 7.27. The van der Waals surface area contributed by atoms with E-state index in [1.807, 2.05) is 0 Å². The van der Waals surface area contributed by atoms with Crippen LogP contribution in [0.2, 0.25) is 0 Å². The van der Waals surface area contributed by atoms with E-state index in [1.165, 1.54) is 77.7 Å². The predicted molar refractivity (Wildman–Crippen MR) is 269 cm³/mol. The Hall–Kier alpha value is -8.20. The highest BCUT2D eigenvalue weighted by molar-refractivity contribution is 5.95. The maximum absolute atomic E-state index is 7.27. The van der Waals surface area contributed by atoms with Gasteiger partial charge in [-0.1, -0.05) is 206 Å². The quantitative estimate of drug-likeness (QED) is 0.166. The Bertz CT molecular complexity index is 3460. The molecule has 3 aliphatic rings. The first-order valence-corrected chi connectivity index (χ1v) is 22.6. The van der Waals surface area contributed by atoms with Crippen molar-refractivity contribution in [1.82, 2.24) is 0 Å². The third-order valence-electron chi connectivity index (χ3n) is 14.2. The number of para-hydroxylation sites is 1. The smallest absolute Gasteiger partial charge is 0.132 e. The molecule has 0 saturated heterocycles. The first-order valence-electron chi connectivity index (χ1n) is 22.6. The molecular formula is C63H43NO. The van der Waals surface area contributed by atoms with Gasteiger partial charge in [0.1, 0.15) is 11.9 Å². The Morgan fingerprint density at radius 1 is 0.385 bits per heavy atom. The SMILES string of the molecule is C1=CC2C(Oc3c(ccc4ccccc34)C23c2ccccc2-c2cc(-c4ccc(N(c5ccccc5)c5ccc(-c6ccccc6-c6ccccc6)cc5)cc4)ccc23)c2ccccc21. The molecule has 0 radical (unpaired) electrons. The van der Waals surface area contributed by atoms with Gasteiger partial charge in [0.25, 0.3) is 0 Å². The monoisotopic (exact) mass is 829 g/mol. The number of ether oxygens (including phenoxy) is 1. The number of anilines is 3. The third-order valence-corrected chi connectivity index (χ3v) is 14.2. The fraction of sp³-hybridized carbons (Fsp3) is 0.0476. The topological polar surface area (TPSA) is 12.5 Å². The first kappa shape index (κ1) is 37.4. The van der Waals surface area contributed by atoms with Crippen LogP contribution in [0.15, 0.2) is 243 Å². The van der Waals surface area contributed by atoms with Crippen molar-refractivity contribution < 1.29 is 4.74 Å². The van der Waals surface area contributed by atoms with Crippen LogP contribution < -0.4 is 9.64 Å². The summed E-state index contributed by atoms with van der Waals surface area (Å²) in [5.74, 6) is 1.04. The first-order chi connectivity index (χ1) is 32.2. The summed E-state index contributed by atoms with van der Waals surface area (Å²) in [5.41, 5.74) is 19.1. The summed E-state index contributed by atoms with van der Waals surface area (Å²) in [7, 11) is 0.